The number of aromatic nitrogens is 1. The van der Waals surface area contributed by atoms with E-state index in [4.69, 9.17) is 4.74 Å². The van der Waals surface area contributed by atoms with Gasteiger partial charge in [0.25, 0.3) is 0 Å². The summed E-state index contributed by atoms with van der Waals surface area (Å²) in [4.78, 5) is 4.06. The van der Waals surface area contributed by atoms with E-state index in [1.54, 1.807) is 12.4 Å². The van der Waals surface area contributed by atoms with Gasteiger partial charge in [-0.1, -0.05) is 20.8 Å². The summed E-state index contributed by atoms with van der Waals surface area (Å²) < 4.78 is 6.66. The quantitative estimate of drug-likeness (QED) is 0.873. The maximum absolute atomic E-state index is 5.72. The SMILES string of the molecule is CCNCC(C)(C)COc1cncc(Br)c1. The third kappa shape index (κ3) is 4.94. The Hall–Kier alpha value is -0.610. The van der Waals surface area contributed by atoms with Crippen LogP contribution in [0.3, 0.4) is 0 Å². The molecule has 0 aliphatic rings. The number of hydrogen-bond acceptors (Lipinski definition) is 3. The Bertz CT molecular complexity index is 329. The summed E-state index contributed by atoms with van der Waals surface area (Å²) in [7, 11) is 0. The van der Waals surface area contributed by atoms with Crippen molar-refractivity contribution < 1.29 is 4.74 Å². The molecule has 1 rings (SSSR count). The van der Waals surface area contributed by atoms with Gasteiger partial charge >= 0.3 is 0 Å². The lowest BCUT2D eigenvalue weighted by atomic mass is 9.95. The van der Waals surface area contributed by atoms with Crippen LogP contribution in [-0.2, 0) is 0 Å². The number of nitrogens with zero attached hydrogens (tertiary/aromatic N) is 1. The highest BCUT2D eigenvalue weighted by molar-refractivity contribution is 9.10. The zero-order chi connectivity index (χ0) is 12.0. The summed E-state index contributed by atoms with van der Waals surface area (Å²) in [5, 5.41) is 3.33. The first kappa shape index (κ1) is 13.5. The summed E-state index contributed by atoms with van der Waals surface area (Å²) in [6.45, 7) is 9.09. The van der Waals surface area contributed by atoms with E-state index in [1.165, 1.54) is 0 Å². The van der Waals surface area contributed by atoms with Crippen molar-refractivity contribution in [1.82, 2.24) is 10.3 Å². The Morgan fingerprint density at radius 3 is 2.81 bits per heavy atom. The zero-order valence-corrected chi connectivity index (χ0v) is 11.7. The molecule has 0 amide bonds. The van der Waals surface area contributed by atoms with Gasteiger partial charge in [0.1, 0.15) is 5.75 Å². The minimum absolute atomic E-state index is 0.123. The molecule has 0 unspecified atom stereocenters. The Morgan fingerprint density at radius 1 is 1.44 bits per heavy atom. The third-order valence-corrected chi connectivity index (χ3v) is 2.60. The summed E-state index contributed by atoms with van der Waals surface area (Å²) in [5.41, 5.74) is 0.123. The van der Waals surface area contributed by atoms with Gasteiger partial charge in [0.15, 0.2) is 0 Å². The zero-order valence-electron chi connectivity index (χ0n) is 10.1. The van der Waals surface area contributed by atoms with Gasteiger partial charge in [-0.05, 0) is 28.5 Å². The Balaban J connectivity index is 2.44. The van der Waals surface area contributed by atoms with Crippen LogP contribution in [0, 0.1) is 5.41 Å². The van der Waals surface area contributed by atoms with Gasteiger partial charge in [-0.2, -0.15) is 0 Å². The second kappa shape index (κ2) is 6.21. The summed E-state index contributed by atoms with van der Waals surface area (Å²) >= 11 is 3.37. The largest absolute Gasteiger partial charge is 0.491 e. The fraction of sp³-hybridized carbons (Fsp3) is 0.583. The van der Waals surface area contributed by atoms with Crippen LogP contribution in [0.1, 0.15) is 20.8 Å². The van der Waals surface area contributed by atoms with E-state index in [0.717, 1.165) is 23.3 Å². The molecule has 3 nitrogen and oxygen atoms in total. The van der Waals surface area contributed by atoms with Crippen LogP contribution in [0.2, 0.25) is 0 Å². The Morgan fingerprint density at radius 2 is 2.19 bits per heavy atom. The number of ether oxygens (including phenoxy) is 1. The van der Waals surface area contributed by atoms with Crippen molar-refractivity contribution in [3.8, 4) is 5.75 Å². The standard InChI is InChI=1S/C12H19BrN2O/c1-4-14-8-12(2,3)9-16-11-5-10(13)6-15-7-11/h5-7,14H,4,8-9H2,1-3H3. The molecule has 0 saturated carbocycles. The van der Waals surface area contributed by atoms with Gasteiger partial charge < -0.3 is 10.1 Å². The van der Waals surface area contributed by atoms with E-state index in [1.807, 2.05) is 6.07 Å². The number of rotatable bonds is 6. The molecule has 90 valence electrons. The predicted molar refractivity (Wildman–Crippen MR) is 69.8 cm³/mol. The van der Waals surface area contributed by atoms with Crippen LogP contribution in [0.5, 0.6) is 5.75 Å². The van der Waals surface area contributed by atoms with Gasteiger partial charge in [0, 0.05) is 22.6 Å². The molecule has 0 radical (unpaired) electrons. The molecule has 16 heavy (non-hydrogen) atoms. The molecular formula is C12H19BrN2O. The smallest absolute Gasteiger partial charge is 0.138 e. The van der Waals surface area contributed by atoms with Crippen molar-refractivity contribution in [2.75, 3.05) is 19.7 Å². The summed E-state index contributed by atoms with van der Waals surface area (Å²) in [5.74, 6) is 0.805. The fourth-order valence-electron chi connectivity index (χ4n) is 1.26. The van der Waals surface area contributed by atoms with Crippen LogP contribution >= 0.6 is 15.9 Å². The molecule has 0 spiro atoms. The topological polar surface area (TPSA) is 34.1 Å². The summed E-state index contributed by atoms with van der Waals surface area (Å²) in [6, 6.07) is 1.93. The third-order valence-electron chi connectivity index (χ3n) is 2.16. The molecular weight excluding hydrogens is 268 g/mol. The fourth-order valence-corrected chi connectivity index (χ4v) is 1.61. The van der Waals surface area contributed by atoms with Crippen LogP contribution in [0.15, 0.2) is 22.9 Å². The van der Waals surface area contributed by atoms with Gasteiger partial charge in [-0.25, -0.2) is 0 Å². The molecule has 1 aromatic rings. The molecule has 0 aliphatic heterocycles. The number of pyridine rings is 1. The molecule has 0 aromatic carbocycles. The van der Waals surface area contributed by atoms with Crippen molar-refractivity contribution in [2.24, 2.45) is 5.41 Å². The van der Waals surface area contributed by atoms with E-state index in [2.05, 4.69) is 47.0 Å². The minimum Gasteiger partial charge on any atom is -0.491 e. The van der Waals surface area contributed by atoms with Gasteiger partial charge in [-0.15, -0.1) is 0 Å². The molecule has 4 heteroatoms. The molecule has 0 saturated heterocycles. The molecule has 1 aromatic heterocycles. The lowest BCUT2D eigenvalue weighted by molar-refractivity contribution is 0.176. The maximum atomic E-state index is 5.72. The first-order chi connectivity index (χ1) is 7.53. The molecule has 0 bridgehead atoms. The van der Waals surface area contributed by atoms with Gasteiger partial charge in [0.2, 0.25) is 0 Å². The lowest BCUT2D eigenvalue weighted by Crippen LogP contribution is -2.34. The Kier molecular flexibility index (Phi) is 5.22. The van der Waals surface area contributed by atoms with Crippen LogP contribution < -0.4 is 10.1 Å². The van der Waals surface area contributed by atoms with Crippen LogP contribution in [-0.4, -0.2) is 24.7 Å². The number of nitrogens with one attached hydrogen (secondary N) is 1. The minimum atomic E-state index is 0.123. The second-order valence-corrected chi connectivity index (χ2v) is 5.49. The first-order valence-electron chi connectivity index (χ1n) is 5.47. The number of halogens is 1. The lowest BCUT2D eigenvalue weighted by Gasteiger charge is -2.24. The van der Waals surface area contributed by atoms with E-state index in [-0.39, 0.29) is 5.41 Å². The molecule has 1 N–H and O–H groups in total. The van der Waals surface area contributed by atoms with Crippen molar-refractivity contribution in [3.63, 3.8) is 0 Å². The van der Waals surface area contributed by atoms with Crippen molar-refractivity contribution in [2.45, 2.75) is 20.8 Å². The maximum Gasteiger partial charge on any atom is 0.138 e. The highest BCUT2D eigenvalue weighted by Crippen LogP contribution is 2.20. The van der Waals surface area contributed by atoms with Crippen molar-refractivity contribution in [3.05, 3.63) is 22.9 Å². The molecule has 0 aliphatic carbocycles. The van der Waals surface area contributed by atoms with Crippen LogP contribution in [0.4, 0.5) is 0 Å². The number of hydrogen-bond donors (Lipinski definition) is 1. The molecule has 0 fully saturated rings. The van der Waals surface area contributed by atoms with Crippen molar-refractivity contribution in [1.29, 1.82) is 0 Å². The predicted octanol–water partition coefficient (Wildman–Crippen LogP) is 2.86. The summed E-state index contributed by atoms with van der Waals surface area (Å²) in [6.07, 6.45) is 3.48. The second-order valence-electron chi connectivity index (χ2n) is 4.57. The average molecular weight is 287 g/mol. The van der Waals surface area contributed by atoms with E-state index >= 15 is 0 Å². The highest BCUT2D eigenvalue weighted by atomic mass is 79.9. The van der Waals surface area contributed by atoms with Gasteiger partial charge in [0.05, 0.1) is 12.8 Å². The highest BCUT2D eigenvalue weighted by Gasteiger charge is 2.18. The van der Waals surface area contributed by atoms with E-state index < -0.39 is 0 Å². The van der Waals surface area contributed by atoms with Crippen LogP contribution in [0.25, 0.3) is 0 Å². The van der Waals surface area contributed by atoms with Gasteiger partial charge in [-0.3, -0.25) is 4.98 Å². The van der Waals surface area contributed by atoms with Crippen molar-refractivity contribution >= 4 is 15.9 Å². The van der Waals surface area contributed by atoms with E-state index in [0.29, 0.717) is 6.61 Å². The Labute approximate surface area is 106 Å². The first-order valence-corrected chi connectivity index (χ1v) is 6.27. The molecule has 1 heterocycles. The van der Waals surface area contributed by atoms with E-state index in [9.17, 15) is 0 Å². The average Bonchev–Trinajstić information content (AvgIpc) is 2.24. The molecule has 0 atom stereocenters. The monoisotopic (exact) mass is 286 g/mol. The normalized spacial score (nSPS) is 11.5.